The molecule has 76 valence electrons. The molecule has 0 saturated heterocycles. The van der Waals surface area contributed by atoms with Gasteiger partial charge in [0.2, 0.25) is 0 Å². The topological polar surface area (TPSA) is 12.9 Å². The van der Waals surface area contributed by atoms with Gasteiger partial charge in [0.05, 0.1) is 0 Å². The smallest absolute Gasteiger partial charge is 0.0456 e. The quantitative estimate of drug-likeness (QED) is 0.771. The van der Waals surface area contributed by atoms with E-state index in [0.717, 1.165) is 17.7 Å². The van der Waals surface area contributed by atoms with E-state index in [1.165, 1.54) is 0 Å². The second-order valence-corrected chi connectivity index (χ2v) is 4.08. The molecule has 15 heavy (non-hydrogen) atoms. The number of nitrogens with zero attached hydrogens (tertiary/aromatic N) is 1. The van der Waals surface area contributed by atoms with Crippen molar-refractivity contribution in [2.24, 2.45) is 0 Å². The largest absolute Gasteiger partial charge is 0.261 e. The number of rotatable bonds is 2. The molecule has 0 aliphatic heterocycles. The Morgan fingerprint density at radius 3 is 2.60 bits per heavy atom. The third-order valence-corrected chi connectivity index (χ3v) is 2.70. The van der Waals surface area contributed by atoms with Gasteiger partial charge in [-0.25, -0.2) is 0 Å². The van der Waals surface area contributed by atoms with Gasteiger partial charge in [0.1, 0.15) is 0 Å². The fourth-order valence-corrected chi connectivity index (χ4v) is 1.84. The number of aromatic nitrogens is 1. The van der Waals surface area contributed by atoms with Gasteiger partial charge >= 0.3 is 0 Å². The van der Waals surface area contributed by atoms with E-state index in [1.54, 1.807) is 12.3 Å². The lowest BCUT2D eigenvalue weighted by molar-refractivity contribution is 1.07. The van der Waals surface area contributed by atoms with Crippen molar-refractivity contribution in [2.75, 3.05) is 0 Å². The first kappa shape index (κ1) is 10.5. The van der Waals surface area contributed by atoms with Crippen LogP contribution in [0.25, 0.3) is 0 Å². The van der Waals surface area contributed by atoms with E-state index in [-0.39, 0.29) is 0 Å². The minimum absolute atomic E-state index is 0.657. The number of benzene rings is 1. The molecule has 3 heteroatoms. The van der Waals surface area contributed by atoms with Crippen molar-refractivity contribution in [1.82, 2.24) is 4.98 Å². The molecule has 1 aromatic heterocycles. The summed E-state index contributed by atoms with van der Waals surface area (Å²) in [5, 5.41) is 1.35. The third-order valence-electron chi connectivity index (χ3n) is 2.11. The normalized spacial score (nSPS) is 10.3. The van der Waals surface area contributed by atoms with Gasteiger partial charge in [0, 0.05) is 28.4 Å². The molecule has 2 rings (SSSR count). The first-order chi connectivity index (χ1) is 7.25. The highest BCUT2D eigenvalue weighted by Crippen LogP contribution is 2.22. The molecule has 0 unspecified atom stereocenters. The maximum absolute atomic E-state index is 6.07. The standard InChI is InChI=1S/C12H9Cl2N/c13-10-5-4-9(12(14)8-10)7-11-3-1-2-6-15-11/h1-6,8H,7H2. The van der Waals surface area contributed by atoms with Crippen LogP contribution < -0.4 is 0 Å². The van der Waals surface area contributed by atoms with Crippen molar-refractivity contribution >= 4 is 23.2 Å². The number of hydrogen-bond acceptors (Lipinski definition) is 1. The lowest BCUT2D eigenvalue weighted by Gasteiger charge is -2.03. The predicted molar refractivity (Wildman–Crippen MR) is 63.5 cm³/mol. The van der Waals surface area contributed by atoms with Gasteiger partial charge in [-0.05, 0) is 29.8 Å². The summed E-state index contributed by atoms with van der Waals surface area (Å²) in [5.41, 5.74) is 2.04. The van der Waals surface area contributed by atoms with Crippen LogP contribution in [-0.2, 0) is 6.42 Å². The molecule has 0 fully saturated rings. The summed E-state index contributed by atoms with van der Waals surface area (Å²) < 4.78 is 0. The summed E-state index contributed by atoms with van der Waals surface area (Å²) in [6, 6.07) is 11.4. The van der Waals surface area contributed by atoms with Crippen LogP contribution >= 0.6 is 23.2 Å². The van der Waals surface area contributed by atoms with Crippen molar-refractivity contribution in [3.63, 3.8) is 0 Å². The first-order valence-corrected chi connectivity index (χ1v) is 5.35. The monoisotopic (exact) mass is 237 g/mol. The van der Waals surface area contributed by atoms with E-state index in [0.29, 0.717) is 10.0 Å². The molecule has 2 aromatic rings. The molecule has 1 aromatic carbocycles. The Hall–Kier alpha value is -1.05. The van der Waals surface area contributed by atoms with Gasteiger partial charge < -0.3 is 0 Å². The second-order valence-electron chi connectivity index (χ2n) is 3.23. The number of pyridine rings is 1. The van der Waals surface area contributed by atoms with E-state index in [1.807, 2.05) is 30.3 Å². The SMILES string of the molecule is Clc1ccc(Cc2ccccn2)c(Cl)c1. The predicted octanol–water partition coefficient (Wildman–Crippen LogP) is 3.98. The summed E-state index contributed by atoms with van der Waals surface area (Å²) in [5.74, 6) is 0. The molecule has 0 spiro atoms. The van der Waals surface area contributed by atoms with Crippen LogP contribution in [0.2, 0.25) is 10.0 Å². The second kappa shape index (κ2) is 4.65. The Balaban J connectivity index is 2.25. The van der Waals surface area contributed by atoms with Gasteiger partial charge in [-0.2, -0.15) is 0 Å². The Morgan fingerprint density at radius 2 is 1.93 bits per heavy atom. The van der Waals surface area contributed by atoms with Gasteiger partial charge in [-0.15, -0.1) is 0 Å². The van der Waals surface area contributed by atoms with E-state index in [9.17, 15) is 0 Å². The van der Waals surface area contributed by atoms with Crippen molar-refractivity contribution < 1.29 is 0 Å². The summed E-state index contributed by atoms with van der Waals surface area (Å²) in [6.45, 7) is 0. The molecular formula is C12H9Cl2N. The lowest BCUT2D eigenvalue weighted by Crippen LogP contribution is -1.91. The van der Waals surface area contributed by atoms with Gasteiger partial charge in [0.25, 0.3) is 0 Å². The third kappa shape index (κ3) is 2.71. The molecule has 0 radical (unpaired) electrons. The highest BCUT2D eigenvalue weighted by Gasteiger charge is 2.02. The van der Waals surface area contributed by atoms with Crippen molar-refractivity contribution in [2.45, 2.75) is 6.42 Å². The molecule has 0 bridgehead atoms. The van der Waals surface area contributed by atoms with Crippen LogP contribution in [0.3, 0.4) is 0 Å². The maximum Gasteiger partial charge on any atom is 0.0456 e. The molecule has 0 saturated carbocycles. The zero-order valence-electron chi connectivity index (χ0n) is 7.95. The molecule has 1 heterocycles. The van der Waals surface area contributed by atoms with Crippen molar-refractivity contribution in [3.8, 4) is 0 Å². The highest BCUT2D eigenvalue weighted by atomic mass is 35.5. The van der Waals surface area contributed by atoms with Crippen LogP contribution in [-0.4, -0.2) is 4.98 Å². The van der Waals surface area contributed by atoms with Gasteiger partial charge in [-0.3, -0.25) is 4.98 Å². The van der Waals surface area contributed by atoms with E-state index < -0.39 is 0 Å². The number of halogens is 2. The van der Waals surface area contributed by atoms with E-state index >= 15 is 0 Å². The Kier molecular flexibility index (Phi) is 3.24. The van der Waals surface area contributed by atoms with Gasteiger partial charge in [-0.1, -0.05) is 35.3 Å². The van der Waals surface area contributed by atoms with Crippen molar-refractivity contribution in [3.05, 3.63) is 63.9 Å². The Labute approximate surface area is 98.7 Å². The zero-order valence-corrected chi connectivity index (χ0v) is 9.46. The summed E-state index contributed by atoms with van der Waals surface area (Å²) in [4.78, 5) is 4.25. The average molecular weight is 238 g/mol. The average Bonchev–Trinajstić information content (AvgIpc) is 2.24. The summed E-state index contributed by atoms with van der Waals surface area (Å²) in [7, 11) is 0. The first-order valence-electron chi connectivity index (χ1n) is 4.59. The molecule has 0 amide bonds. The molecule has 0 aliphatic carbocycles. The van der Waals surface area contributed by atoms with Crippen LogP contribution in [0.1, 0.15) is 11.3 Å². The molecule has 0 N–H and O–H groups in total. The summed E-state index contributed by atoms with van der Waals surface area (Å²) >= 11 is 11.9. The maximum atomic E-state index is 6.07. The molecule has 0 aliphatic rings. The fraction of sp³-hybridized carbons (Fsp3) is 0.0833. The van der Waals surface area contributed by atoms with Crippen LogP contribution in [0.15, 0.2) is 42.6 Å². The minimum Gasteiger partial charge on any atom is -0.261 e. The van der Waals surface area contributed by atoms with E-state index in [4.69, 9.17) is 23.2 Å². The van der Waals surface area contributed by atoms with Crippen LogP contribution in [0.5, 0.6) is 0 Å². The Bertz CT molecular complexity index is 454. The van der Waals surface area contributed by atoms with Gasteiger partial charge in [0.15, 0.2) is 0 Å². The van der Waals surface area contributed by atoms with Crippen LogP contribution in [0.4, 0.5) is 0 Å². The molecule has 1 nitrogen and oxygen atoms in total. The van der Waals surface area contributed by atoms with Crippen molar-refractivity contribution in [1.29, 1.82) is 0 Å². The fourth-order valence-electron chi connectivity index (χ4n) is 1.36. The molecular weight excluding hydrogens is 229 g/mol. The number of hydrogen-bond donors (Lipinski definition) is 0. The Morgan fingerprint density at radius 1 is 1.07 bits per heavy atom. The van der Waals surface area contributed by atoms with E-state index in [2.05, 4.69) is 4.98 Å². The summed E-state index contributed by atoms with van der Waals surface area (Å²) in [6.07, 6.45) is 2.51. The highest BCUT2D eigenvalue weighted by molar-refractivity contribution is 6.35. The molecule has 0 atom stereocenters. The van der Waals surface area contributed by atoms with Crippen LogP contribution in [0, 0.1) is 0 Å². The lowest BCUT2D eigenvalue weighted by atomic mass is 10.1. The minimum atomic E-state index is 0.657. The zero-order chi connectivity index (χ0) is 10.7.